The summed E-state index contributed by atoms with van der Waals surface area (Å²) >= 11 is 1.53. The van der Waals surface area contributed by atoms with Crippen LogP contribution < -0.4 is 5.32 Å². The second-order valence-corrected chi connectivity index (χ2v) is 6.18. The van der Waals surface area contributed by atoms with E-state index in [2.05, 4.69) is 20.6 Å². The molecule has 0 saturated carbocycles. The average molecular weight is 327 g/mol. The van der Waals surface area contributed by atoms with Crippen LogP contribution in [-0.4, -0.2) is 25.9 Å². The van der Waals surface area contributed by atoms with Crippen LogP contribution in [0.1, 0.15) is 32.9 Å². The third kappa shape index (κ3) is 4.01. The minimum Gasteiger partial charge on any atom is -0.345 e. The molecule has 0 saturated heterocycles. The number of rotatable bonds is 6. The van der Waals surface area contributed by atoms with Crippen molar-refractivity contribution in [3.05, 3.63) is 63.9 Å². The normalized spacial score (nSPS) is 10.7. The van der Waals surface area contributed by atoms with Gasteiger partial charge in [0.1, 0.15) is 10.0 Å². The molecule has 0 fully saturated rings. The maximum Gasteiger partial charge on any atom is 0.251 e. The van der Waals surface area contributed by atoms with Crippen molar-refractivity contribution in [2.24, 2.45) is 0 Å². The van der Waals surface area contributed by atoms with Gasteiger partial charge in [-0.15, -0.1) is 10.2 Å². The van der Waals surface area contributed by atoms with Crippen LogP contribution in [0.2, 0.25) is 0 Å². The van der Waals surface area contributed by atoms with E-state index >= 15 is 0 Å². The fourth-order valence-corrected chi connectivity index (χ4v) is 2.88. The second-order valence-electron chi connectivity index (χ2n) is 5.03. The first kappa shape index (κ1) is 15.4. The number of nitrogens with zero attached hydrogens (tertiary/aromatic N) is 4. The van der Waals surface area contributed by atoms with E-state index in [1.807, 2.05) is 42.1 Å². The summed E-state index contributed by atoms with van der Waals surface area (Å²) in [4.78, 5) is 12.3. The molecule has 6 nitrogen and oxygen atoms in total. The fourth-order valence-electron chi connectivity index (χ4n) is 2.15. The number of aromatic nitrogens is 4. The molecule has 1 N–H and O–H groups in total. The second kappa shape index (κ2) is 7.15. The van der Waals surface area contributed by atoms with Gasteiger partial charge in [0, 0.05) is 18.0 Å². The lowest BCUT2D eigenvalue weighted by Gasteiger charge is -2.06. The van der Waals surface area contributed by atoms with E-state index in [-0.39, 0.29) is 5.91 Å². The maximum absolute atomic E-state index is 12.3. The lowest BCUT2D eigenvalue weighted by molar-refractivity contribution is 0.0950. The quantitative estimate of drug-likeness (QED) is 0.754. The van der Waals surface area contributed by atoms with Crippen molar-refractivity contribution in [3.8, 4) is 0 Å². The number of hydrogen-bond donors (Lipinski definition) is 1. The van der Waals surface area contributed by atoms with Crippen LogP contribution in [0.15, 0.2) is 42.7 Å². The average Bonchev–Trinajstić information content (AvgIpc) is 3.24. The molecule has 1 amide bonds. The van der Waals surface area contributed by atoms with Crippen molar-refractivity contribution in [2.75, 3.05) is 0 Å². The van der Waals surface area contributed by atoms with Gasteiger partial charge >= 0.3 is 0 Å². The topological polar surface area (TPSA) is 72.7 Å². The Bertz CT molecular complexity index is 781. The van der Waals surface area contributed by atoms with Crippen LogP contribution in [0.4, 0.5) is 0 Å². The molecule has 0 atom stereocenters. The van der Waals surface area contributed by atoms with Crippen LogP contribution in [0, 0.1) is 0 Å². The zero-order valence-electron chi connectivity index (χ0n) is 12.8. The van der Waals surface area contributed by atoms with E-state index < -0.39 is 0 Å². The fraction of sp³-hybridized carbons (Fsp3) is 0.250. The van der Waals surface area contributed by atoms with Gasteiger partial charge in [0.15, 0.2) is 0 Å². The molecule has 2 aromatic heterocycles. The molecular formula is C16H17N5OS. The van der Waals surface area contributed by atoms with Gasteiger partial charge in [0.25, 0.3) is 5.91 Å². The number of aryl methyl sites for hydroxylation is 1. The van der Waals surface area contributed by atoms with Gasteiger partial charge in [-0.1, -0.05) is 30.4 Å². The molecular weight excluding hydrogens is 310 g/mol. The van der Waals surface area contributed by atoms with Gasteiger partial charge in [-0.25, -0.2) is 0 Å². The summed E-state index contributed by atoms with van der Waals surface area (Å²) in [6, 6.07) is 9.43. The van der Waals surface area contributed by atoms with Crippen molar-refractivity contribution < 1.29 is 4.79 Å². The highest BCUT2D eigenvalue weighted by atomic mass is 32.1. The molecule has 0 aliphatic heterocycles. The van der Waals surface area contributed by atoms with Gasteiger partial charge in [-0.05, 0) is 30.2 Å². The number of carbonyl (C=O) groups is 1. The summed E-state index contributed by atoms with van der Waals surface area (Å²) in [5.41, 5.74) is 1.67. The molecule has 2 heterocycles. The third-order valence-corrected chi connectivity index (χ3v) is 4.37. The van der Waals surface area contributed by atoms with Crippen molar-refractivity contribution in [2.45, 2.75) is 26.4 Å². The molecule has 0 spiro atoms. The van der Waals surface area contributed by atoms with Crippen LogP contribution in [0.3, 0.4) is 0 Å². The van der Waals surface area contributed by atoms with Gasteiger partial charge in [-0.3, -0.25) is 9.48 Å². The van der Waals surface area contributed by atoms with Crippen LogP contribution >= 0.6 is 11.3 Å². The Labute approximate surface area is 138 Å². The lowest BCUT2D eigenvalue weighted by atomic mass is 10.1. The van der Waals surface area contributed by atoms with Gasteiger partial charge in [0.2, 0.25) is 0 Å². The van der Waals surface area contributed by atoms with Crippen LogP contribution in [-0.2, 0) is 19.5 Å². The molecule has 118 valence electrons. The van der Waals surface area contributed by atoms with E-state index in [1.165, 1.54) is 11.3 Å². The van der Waals surface area contributed by atoms with E-state index in [1.54, 1.807) is 12.3 Å². The first-order valence-electron chi connectivity index (χ1n) is 7.40. The van der Waals surface area contributed by atoms with Gasteiger partial charge in [-0.2, -0.15) is 5.10 Å². The number of carbonyl (C=O) groups excluding carboxylic acids is 1. The number of hydrogen-bond acceptors (Lipinski definition) is 5. The smallest absolute Gasteiger partial charge is 0.251 e. The lowest BCUT2D eigenvalue weighted by Crippen LogP contribution is -2.22. The molecule has 0 radical (unpaired) electrons. The maximum atomic E-state index is 12.3. The van der Waals surface area contributed by atoms with Crippen molar-refractivity contribution in [3.63, 3.8) is 0 Å². The Morgan fingerprint density at radius 3 is 2.87 bits per heavy atom. The highest BCUT2D eigenvalue weighted by Crippen LogP contribution is 2.11. The zero-order chi connectivity index (χ0) is 16.1. The molecule has 23 heavy (non-hydrogen) atoms. The molecule has 0 aliphatic carbocycles. The van der Waals surface area contributed by atoms with Crippen molar-refractivity contribution in [1.82, 2.24) is 25.3 Å². The number of amides is 1. The SMILES string of the molecule is CCc1nnc(CNC(=O)c2cccc(Cn3cccn3)c2)s1. The highest BCUT2D eigenvalue weighted by Gasteiger charge is 2.08. The highest BCUT2D eigenvalue weighted by molar-refractivity contribution is 7.11. The van der Waals surface area contributed by atoms with E-state index in [0.29, 0.717) is 18.7 Å². The Balaban J connectivity index is 1.62. The molecule has 1 aromatic carbocycles. The standard InChI is InChI=1S/C16H17N5OS/c1-2-14-19-20-15(23-14)10-17-16(22)13-6-3-5-12(9-13)11-21-8-4-7-18-21/h3-9H,2,10-11H2,1H3,(H,17,22). The minimum atomic E-state index is -0.111. The number of nitrogens with one attached hydrogen (secondary N) is 1. The van der Waals surface area contributed by atoms with E-state index in [0.717, 1.165) is 22.0 Å². The molecule has 0 aliphatic rings. The molecule has 0 unspecified atom stereocenters. The predicted molar refractivity (Wildman–Crippen MR) is 88.2 cm³/mol. The Hall–Kier alpha value is -2.54. The predicted octanol–water partition coefficient (Wildman–Crippen LogP) is 2.28. The third-order valence-electron chi connectivity index (χ3n) is 3.30. The number of benzene rings is 1. The van der Waals surface area contributed by atoms with Crippen molar-refractivity contribution >= 4 is 17.2 Å². The Kier molecular flexibility index (Phi) is 4.77. The Morgan fingerprint density at radius 2 is 2.13 bits per heavy atom. The van der Waals surface area contributed by atoms with Crippen LogP contribution in [0.25, 0.3) is 0 Å². The minimum absolute atomic E-state index is 0.111. The van der Waals surface area contributed by atoms with E-state index in [9.17, 15) is 4.79 Å². The van der Waals surface area contributed by atoms with Crippen LogP contribution in [0.5, 0.6) is 0 Å². The first-order valence-corrected chi connectivity index (χ1v) is 8.22. The summed E-state index contributed by atoms with van der Waals surface area (Å²) in [5, 5.41) is 17.0. The molecule has 0 bridgehead atoms. The van der Waals surface area contributed by atoms with Gasteiger partial charge < -0.3 is 5.32 Å². The summed E-state index contributed by atoms with van der Waals surface area (Å²) < 4.78 is 1.82. The molecule has 3 aromatic rings. The summed E-state index contributed by atoms with van der Waals surface area (Å²) in [7, 11) is 0. The molecule has 3 rings (SSSR count). The van der Waals surface area contributed by atoms with E-state index in [4.69, 9.17) is 0 Å². The summed E-state index contributed by atoms with van der Waals surface area (Å²) in [5.74, 6) is -0.111. The summed E-state index contributed by atoms with van der Waals surface area (Å²) in [6.45, 7) is 3.08. The first-order chi connectivity index (χ1) is 11.2. The zero-order valence-corrected chi connectivity index (χ0v) is 13.6. The Morgan fingerprint density at radius 1 is 1.26 bits per heavy atom. The van der Waals surface area contributed by atoms with Crippen molar-refractivity contribution in [1.29, 1.82) is 0 Å². The molecule has 7 heteroatoms. The summed E-state index contributed by atoms with van der Waals surface area (Å²) in [6.07, 6.45) is 4.50. The monoisotopic (exact) mass is 327 g/mol. The largest absolute Gasteiger partial charge is 0.345 e. The van der Waals surface area contributed by atoms with Gasteiger partial charge in [0.05, 0.1) is 13.1 Å².